The molecule has 2 rings (SSSR count). The molecule has 0 aliphatic carbocycles. The molecule has 0 amide bonds. The topological polar surface area (TPSA) is 32.7 Å². The lowest BCUT2D eigenvalue weighted by Gasteiger charge is -2.39. The summed E-state index contributed by atoms with van der Waals surface area (Å²) in [7, 11) is 2.05. The highest BCUT2D eigenvalue weighted by Gasteiger charge is 2.37. The predicted octanol–water partition coefficient (Wildman–Crippen LogP) is 1.14. The summed E-state index contributed by atoms with van der Waals surface area (Å²) in [5, 5.41) is 10.4. The zero-order valence-electron chi connectivity index (χ0n) is 8.83. The Morgan fingerprint density at radius 2 is 2.36 bits per heavy atom. The first-order valence-electron chi connectivity index (χ1n) is 5.45. The van der Waals surface area contributed by atoms with Crippen LogP contribution in [0.25, 0.3) is 0 Å². The first-order valence-corrected chi connectivity index (χ1v) is 5.45. The number of likely N-dealkylation sites (N-methyl/N-ethyl adjacent to an activating group) is 1. The van der Waals surface area contributed by atoms with Crippen LogP contribution >= 0.6 is 0 Å². The molecule has 3 heteroatoms. The van der Waals surface area contributed by atoms with Crippen LogP contribution in [0.3, 0.4) is 0 Å². The molecule has 0 bridgehead atoms. The Kier molecular flexibility index (Phi) is 2.79. The fourth-order valence-corrected chi connectivity index (χ4v) is 2.33. The maximum absolute atomic E-state index is 10.4. The van der Waals surface area contributed by atoms with Gasteiger partial charge >= 0.3 is 0 Å². The third-order valence-corrected chi connectivity index (χ3v) is 3.06. The summed E-state index contributed by atoms with van der Waals surface area (Å²) < 4.78 is 5.55. The lowest BCUT2D eigenvalue weighted by atomic mass is 9.89. The van der Waals surface area contributed by atoms with Crippen LogP contribution in [0, 0.1) is 0 Å². The van der Waals surface area contributed by atoms with Crippen molar-refractivity contribution in [3.8, 4) is 0 Å². The van der Waals surface area contributed by atoms with Crippen LogP contribution in [0.15, 0.2) is 11.8 Å². The molecule has 1 atom stereocenters. The summed E-state index contributed by atoms with van der Waals surface area (Å²) in [5.41, 5.74) is -0.715. The van der Waals surface area contributed by atoms with Gasteiger partial charge in [0.05, 0.1) is 6.61 Å². The molecule has 3 nitrogen and oxygen atoms in total. The van der Waals surface area contributed by atoms with E-state index in [9.17, 15) is 5.11 Å². The molecule has 0 spiro atoms. The quantitative estimate of drug-likeness (QED) is 0.684. The van der Waals surface area contributed by atoms with Gasteiger partial charge in [-0.25, -0.2) is 0 Å². The second-order valence-electron chi connectivity index (χ2n) is 4.43. The van der Waals surface area contributed by atoms with E-state index in [1.54, 1.807) is 0 Å². The normalized spacial score (nSPS) is 34.9. The summed E-state index contributed by atoms with van der Waals surface area (Å²) in [6, 6.07) is 0. The zero-order chi connectivity index (χ0) is 10.0. The number of hydrogen-bond acceptors (Lipinski definition) is 3. The van der Waals surface area contributed by atoms with E-state index < -0.39 is 5.60 Å². The third kappa shape index (κ3) is 1.93. The van der Waals surface area contributed by atoms with Crippen LogP contribution in [0.2, 0.25) is 0 Å². The van der Waals surface area contributed by atoms with E-state index in [1.165, 1.54) is 0 Å². The Morgan fingerprint density at radius 3 is 3.00 bits per heavy atom. The van der Waals surface area contributed by atoms with E-state index in [-0.39, 0.29) is 0 Å². The van der Waals surface area contributed by atoms with E-state index in [1.807, 2.05) is 7.05 Å². The largest absolute Gasteiger partial charge is 0.495 e. The fraction of sp³-hybridized carbons (Fsp3) is 0.818. The van der Waals surface area contributed by atoms with Crippen molar-refractivity contribution >= 4 is 0 Å². The van der Waals surface area contributed by atoms with E-state index in [2.05, 4.69) is 11.0 Å². The molecule has 0 aromatic carbocycles. The second-order valence-corrected chi connectivity index (χ2v) is 4.43. The molecule has 1 unspecified atom stereocenters. The van der Waals surface area contributed by atoms with Gasteiger partial charge in [-0.3, -0.25) is 0 Å². The summed E-state index contributed by atoms with van der Waals surface area (Å²) in [6.07, 6.45) is 6.07. The van der Waals surface area contributed by atoms with Gasteiger partial charge in [0, 0.05) is 6.54 Å². The SMILES string of the molecule is CN1CCCC(O)(C2=CCCCO2)C1. The Labute approximate surface area is 85.4 Å². The lowest BCUT2D eigenvalue weighted by molar-refractivity contribution is -0.0414. The minimum Gasteiger partial charge on any atom is -0.495 e. The molecule has 2 aliphatic rings. The van der Waals surface area contributed by atoms with Gasteiger partial charge in [0.1, 0.15) is 11.4 Å². The fourth-order valence-electron chi connectivity index (χ4n) is 2.33. The van der Waals surface area contributed by atoms with Crippen LogP contribution in [-0.2, 0) is 4.74 Å². The van der Waals surface area contributed by atoms with Gasteiger partial charge < -0.3 is 14.7 Å². The molecule has 0 saturated carbocycles. The minimum absolute atomic E-state index is 0.707. The highest BCUT2D eigenvalue weighted by Crippen LogP contribution is 2.30. The number of likely N-dealkylation sites (tertiary alicyclic amines) is 1. The Hall–Kier alpha value is -0.540. The number of nitrogens with zero attached hydrogens (tertiary/aromatic N) is 1. The van der Waals surface area contributed by atoms with Crippen LogP contribution in [0.1, 0.15) is 25.7 Å². The predicted molar refractivity (Wildman–Crippen MR) is 54.9 cm³/mol. The second kappa shape index (κ2) is 3.91. The lowest BCUT2D eigenvalue weighted by Crippen LogP contribution is -2.48. The molecule has 1 N–H and O–H groups in total. The van der Waals surface area contributed by atoms with Gasteiger partial charge in [-0.1, -0.05) is 0 Å². The summed E-state index contributed by atoms with van der Waals surface area (Å²) >= 11 is 0. The van der Waals surface area contributed by atoms with Crippen LogP contribution < -0.4 is 0 Å². The van der Waals surface area contributed by atoms with Crippen molar-refractivity contribution in [2.75, 3.05) is 26.7 Å². The van der Waals surface area contributed by atoms with Crippen molar-refractivity contribution in [1.82, 2.24) is 4.90 Å². The average molecular weight is 197 g/mol. The highest BCUT2D eigenvalue weighted by atomic mass is 16.5. The molecule has 14 heavy (non-hydrogen) atoms. The van der Waals surface area contributed by atoms with Gasteiger partial charge in [0.2, 0.25) is 0 Å². The monoisotopic (exact) mass is 197 g/mol. The Balaban J connectivity index is 2.09. The number of rotatable bonds is 1. The van der Waals surface area contributed by atoms with Gasteiger partial charge in [-0.05, 0) is 45.4 Å². The first-order chi connectivity index (χ1) is 6.71. The average Bonchev–Trinajstić information content (AvgIpc) is 2.19. The minimum atomic E-state index is -0.715. The number of β-amino-alcohol motifs (C(OH)–C–C–N with tert-alkyl or cyclic N) is 1. The maximum atomic E-state index is 10.4. The van der Waals surface area contributed by atoms with Gasteiger partial charge in [-0.15, -0.1) is 0 Å². The van der Waals surface area contributed by atoms with Gasteiger partial charge in [-0.2, -0.15) is 0 Å². The number of ether oxygens (including phenoxy) is 1. The molecule has 0 radical (unpaired) electrons. The molecular weight excluding hydrogens is 178 g/mol. The van der Waals surface area contributed by atoms with Crippen LogP contribution in [0.4, 0.5) is 0 Å². The number of piperidine rings is 1. The standard InChI is InChI=1S/C11H19NO2/c1-12-7-4-6-11(13,9-12)10-5-2-3-8-14-10/h5,13H,2-4,6-9H2,1H3. The van der Waals surface area contributed by atoms with Crippen molar-refractivity contribution in [2.45, 2.75) is 31.3 Å². The van der Waals surface area contributed by atoms with Crippen molar-refractivity contribution in [2.24, 2.45) is 0 Å². The molecule has 1 saturated heterocycles. The zero-order valence-corrected chi connectivity index (χ0v) is 8.83. The van der Waals surface area contributed by atoms with E-state index in [0.717, 1.165) is 44.6 Å². The molecular formula is C11H19NO2. The summed E-state index contributed by atoms with van der Waals surface area (Å²) in [5.74, 6) is 0.815. The molecule has 1 fully saturated rings. The first kappa shape index (κ1) is 9.99. The summed E-state index contributed by atoms with van der Waals surface area (Å²) in [4.78, 5) is 2.17. The third-order valence-electron chi connectivity index (χ3n) is 3.06. The van der Waals surface area contributed by atoms with Gasteiger partial charge in [0.25, 0.3) is 0 Å². The van der Waals surface area contributed by atoms with E-state index >= 15 is 0 Å². The van der Waals surface area contributed by atoms with Crippen molar-refractivity contribution in [1.29, 1.82) is 0 Å². The van der Waals surface area contributed by atoms with Gasteiger partial charge in [0.15, 0.2) is 0 Å². The molecule has 2 heterocycles. The number of hydrogen-bond donors (Lipinski definition) is 1. The van der Waals surface area contributed by atoms with Crippen molar-refractivity contribution < 1.29 is 9.84 Å². The molecule has 2 aliphatic heterocycles. The number of allylic oxidation sites excluding steroid dienone is 1. The highest BCUT2D eigenvalue weighted by molar-refractivity contribution is 5.14. The van der Waals surface area contributed by atoms with Crippen LogP contribution in [-0.4, -0.2) is 42.4 Å². The van der Waals surface area contributed by atoms with Crippen LogP contribution in [0.5, 0.6) is 0 Å². The maximum Gasteiger partial charge on any atom is 0.134 e. The summed E-state index contributed by atoms with van der Waals surface area (Å²) in [6.45, 7) is 2.55. The smallest absolute Gasteiger partial charge is 0.134 e. The molecule has 0 aromatic heterocycles. The van der Waals surface area contributed by atoms with Crippen molar-refractivity contribution in [3.05, 3.63) is 11.8 Å². The Bertz CT molecular complexity index is 239. The number of aliphatic hydroxyl groups is 1. The van der Waals surface area contributed by atoms with E-state index in [0.29, 0.717) is 6.54 Å². The molecule has 0 aromatic rings. The Morgan fingerprint density at radius 1 is 1.50 bits per heavy atom. The van der Waals surface area contributed by atoms with E-state index in [4.69, 9.17) is 4.74 Å². The van der Waals surface area contributed by atoms with Crippen molar-refractivity contribution in [3.63, 3.8) is 0 Å². The molecule has 80 valence electrons.